The van der Waals surface area contributed by atoms with E-state index in [1.54, 1.807) is 7.11 Å². The van der Waals surface area contributed by atoms with E-state index in [2.05, 4.69) is 5.32 Å². The molecule has 2 aromatic rings. The van der Waals surface area contributed by atoms with Crippen LogP contribution in [0.1, 0.15) is 25.5 Å². The minimum atomic E-state index is -0.604. The summed E-state index contributed by atoms with van der Waals surface area (Å²) in [7, 11) is 1.59. The molecular formula is C19H21ClN2O5. The Morgan fingerprint density at radius 3 is 2.44 bits per heavy atom. The Bertz CT molecular complexity index is 808. The monoisotopic (exact) mass is 392 g/mol. The Labute approximate surface area is 162 Å². The predicted molar refractivity (Wildman–Crippen MR) is 102 cm³/mol. The first-order valence-electron chi connectivity index (χ1n) is 8.32. The van der Waals surface area contributed by atoms with Crippen LogP contribution in [0, 0.1) is 16.0 Å². The molecule has 0 fully saturated rings. The Balaban J connectivity index is 2.05. The Kier molecular flexibility index (Phi) is 7.01. The van der Waals surface area contributed by atoms with Gasteiger partial charge in [-0.15, -0.1) is 0 Å². The number of halogens is 1. The minimum Gasteiger partial charge on any atom is -0.497 e. The second kappa shape index (κ2) is 9.23. The molecule has 1 atom stereocenters. The molecule has 0 radical (unpaired) electrons. The van der Waals surface area contributed by atoms with Gasteiger partial charge >= 0.3 is 5.69 Å². The van der Waals surface area contributed by atoms with Gasteiger partial charge in [0.15, 0.2) is 12.4 Å². The van der Waals surface area contributed by atoms with Crippen LogP contribution < -0.4 is 14.8 Å². The summed E-state index contributed by atoms with van der Waals surface area (Å²) in [5.74, 6) is 0.469. The maximum Gasteiger partial charge on any atom is 0.312 e. The van der Waals surface area contributed by atoms with Crippen molar-refractivity contribution in [2.75, 3.05) is 13.7 Å². The molecule has 0 aromatic heterocycles. The molecule has 0 heterocycles. The van der Waals surface area contributed by atoms with E-state index < -0.39 is 4.92 Å². The number of nitrogens with zero attached hydrogens (tertiary/aromatic N) is 1. The molecule has 0 aliphatic rings. The summed E-state index contributed by atoms with van der Waals surface area (Å²) in [6.45, 7) is 3.63. The number of carbonyl (C=O) groups is 1. The molecule has 0 saturated carbocycles. The van der Waals surface area contributed by atoms with E-state index >= 15 is 0 Å². The van der Waals surface area contributed by atoms with Crippen LogP contribution in [-0.2, 0) is 4.79 Å². The molecule has 1 unspecified atom stereocenters. The van der Waals surface area contributed by atoms with Gasteiger partial charge in [-0.1, -0.05) is 37.6 Å². The van der Waals surface area contributed by atoms with Gasteiger partial charge in [0.2, 0.25) is 0 Å². The van der Waals surface area contributed by atoms with Gasteiger partial charge in [0, 0.05) is 11.1 Å². The molecule has 7 nitrogen and oxygen atoms in total. The van der Waals surface area contributed by atoms with Crippen molar-refractivity contribution in [3.05, 3.63) is 63.2 Å². The van der Waals surface area contributed by atoms with Crippen LogP contribution in [0.4, 0.5) is 5.69 Å². The van der Waals surface area contributed by atoms with Crippen LogP contribution in [0.15, 0.2) is 42.5 Å². The van der Waals surface area contributed by atoms with E-state index in [4.69, 9.17) is 21.1 Å². The highest BCUT2D eigenvalue weighted by Crippen LogP contribution is 2.30. The fourth-order valence-corrected chi connectivity index (χ4v) is 2.73. The zero-order valence-electron chi connectivity index (χ0n) is 15.3. The number of carbonyl (C=O) groups excluding carboxylic acids is 1. The van der Waals surface area contributed by atoms with Crippen molar-refractivity contribution in [3.8, 4) is 11.5 Å². The van der Waals surface area contributed by atoms with Crippen molar-refractivity contribution in [1.29, 1.82) is 0 Å². The molecule has 2 aromatic carbocycles. The number of rotatable bonds is 8. The third-order valence-corrected chi connectivity index (χ3v) is 4.17. The predicted octanol–water partition coefficient (Wildman–Crippen LogP) is 4.15. The van der Waals surface area contributed by atoms with Gasteiger partial charge in [-0.05, 0) is 35.7 Å². The van der Waals surface area contributed by atoms with E-state index in [1.165, 1.54) is 18.2 Å². The van der Waals surface area contributed by atoms with Crippen LogP contribution >= 0.6 is 11.6 Å². The molecule has 1 N–H and O–H groups in total. The number of benzene rings is 2. The van der Waals surface area contributed by atoms with Gasteiger partial charge < -0.3 is 14.8 Å². The first-order valence-corrected chi connectivity index (χ1v) is 8.69. The smallest absolute Gasteiger partial charge is 0.312 e. The summed E-state index contributed by atoms with van der Waals surface area (Å²) in [5, 5.41) is 14.2. The van der Waals surface area contributed by atoms with Gasteiger partial charge in [0.25, 0.3) is 5.91 Å². The Morgan fingerprint density at radius 1 is 1.22 bits per heavy atom. The lowest BCUT2D eigenvalue weighted by molar-refractivity contribution is -0.385. The molecule has 27 heavy (non-hydrogen) atoms. The van der Waals surface area contributed by atoms with Crippen LogP contribution in [-0.4, -0.2) is 24.5 Å². The van der Waals surface area contributed by atoms with Gasteiger partial charge in [0.1, 0.15) is 5.75 Å². The molecule has 0 aliphatic carbocycles. The molecule has 0 spiro atoms. The van der Waals surface area contributed by atoms with Crippen molar-refractivity contribution in [1.82, 2.24) is 5.32 Å². The molecule has 0 bridgehead atoms. The maximum atomic E-state index is 12.3. The lowest BCUT2D eigenvalue weighted by Gasteiger charge is -2.23. The van der Waals surface area contributed by atoms with Crippen molar-refractivity contribution >= 4 is 23.2 Å². The zero-order chi connectivity index (χ0) is 20.0. The Morgan fingerprint density at radius 2 is 1.89 bits per heavy atom. The summed E-state index contributed by atoms with van der Waals surface area (Å²) in [5.41, 5.74) is 0.641. The number of nitrogens with one attached hydrogen (secondary N) is 1. The van der Waals surface area contributed by atoms with Crippen molar-refractivity contribution in [2.45, 2.75) is 19.9 Å². The first kappa shape index (κ1) is 20.5. The number of nitro groups is 1. The fraction of sp³-hybridized carbons (Fsp3) is 0.316. The van der Waals surface area contributed by atoms with Crippen molar-refractivity contribution in [2.24, 2.45) is 5.92 Å². The summed E-state index contributed by atoms with van der Waals surface area (Å²) in [6, 6.07) is 11.2. The second-order valence-corrected chi connectivity index (χ2v) is 6.66. The van der Waals surface area contributed by atoms with Crippen LogP contribution in [0.5, 0.6) is 11.5 Å². The van der Waals surface area contributed by atoms with E-state index in [0.717, 1.165) is 11.3 Å². The number of hydrogen-bond acceptors (Lipinski definition) is 5. The molecule has 0 saturated heterocycles. The lowest BCUT2D eigenvalue weighted by Crippen LogP contribution is -2.35. The third-order valence-electron chi connectivity index (χ3n) is 3.93. The molecule has 8 heteroatoms. The maximum absolute atomic E-state index is 12.3. The summed E-state index contributed by atoms with van der Waals surface area (Å²) < 4.78 is 10.5. The minimum absolute atomic E-state index is 0.00917. The standard InChI is InChI=1S/C19H21ClN2O5/c1-12(2)19(13-4-7-15(26-3)8-5-13)21-18(23)11-27-17-9-6-14(20)10-16(17)22(24)25/h4-10,12,19H,11H2,1-3H3,(H,21,23). The van der Waals surface area contributed by atoms with Gasteiger partial charge in [-0.25, -0.2) is 0 Å². The first-order chi connectivity index (χ1) is 12.8. The summed E-state index contributed by atoms with van der Waals surface area (Å²) in [6.07, 6.45) is 0. The molecular weight excluding hydrogens is 372 g/mol. The fourth-order valence-electron chi connectivity index (χ4n) is 2.56. The van der Waals surface area contributed by atoms with Crippen molar-refractivity contribution in [3.63, 3.8) is 0 Å². The third kappa shape index (κ3) is 5.59. The van der Waals surface area contributed by atoms with Crippen LogP contribution in [0.3, 0.4) is 0 Å². The van der Waals surface area contributed by atoms with Crippen LogP contribution in [0.25, 0.3) is 0 Å². The van der Waals surface area contributed by atoms with Gasteiger partial charge in [0.05, 0.1) is 18.1 Å². The summed E-state index contributed by atoms with van der Waals surface area (Å²) in [4.78, 5) is 22.8. The zero-order valence-corrected chi connectivity index (χ0v) is 16.0. The average Bonchev–Trinajstić information content (AvgIpc) is 2.64. The second-order valence-electron chi connectivity index (χ2n) is 6.22. The highest BCUT2D eigenvalue weighted by Gasteiger charge is 2.20. The van der Waals surface area contributed by atoms with Crippen LogP contribution in [0.2, 0.25) is 5.02 Å². The average molecular weight is 393 g/mol. The van der Waals surface area contributed by atoms with E-state index in [1.807, 2.05) is 38.1 Å². The number of hydrogen-bond donors (Lipinski definition) is 1. The number of ether oxygens (including phenoxy) is 2. The van der Waals surface area contributed by atoms with E-state index in [-0.39, 0.29) is 40.9 Å². The highest BCUT2D eigenvalue weighted by molar-refractivity contribution is 6.30. The normalized spacial score (nSPS) is 11.7. The highest BCUT2D eigenvalue weighted by atomic mass is 35.5. The van der Waals surface area contributed by atoms with E-state index in [0.29, 0.717) is 0 Å². The molecule has 1 amide bonds. The Hall–Kier alpha value is -2.80. The quantitative estimate of drug-likeness (QED) is 0.538. The molecule has 2 rings (SSSR count). The topological polar surface area (TPSA) is 90.7 Å². The number of amides is 1. The van der Waals surface area contributed by atoms with E-state index in [9.17, 15) is 14.9 Å². The SMILES string of the molecule is COc1ccc(C(NC(=O)COc2ccc(Cl)cc2[N+](=O)[O-])C(C)C)cc1. The number of nitro benzene ring substituents is 1. The van der Waals surface area contributed by atoms with Gasteiger partial charge in [-0.3, -0.25) is 14.9 Å². The summed E-state index contributed by atoms with van der Waals surface area (Å²) >= 11 is 5.77. The van der Waals surface area contributed by atoms with Gasteiger partial charge in [-0.2, -0.15) is 0 Å². The number of methoxy groups -OCH3 is 1. The molecule has 144 valence electrons. The molecule has 0 aliphatic heterocycles. The lowest BCUT2D eigenvalue weighted by atomic mass is 9.96. The van der Waals surface area contributed by atoms with Crippen molar-refractivity contribution < 1.29 is 19.2 Å². The largest absolute Gasteiger partial charge is 0.497 e.